The molecule has 2 aliphatic rings. The molecular formula is C16H32N2. The number of hydrogen-bond donors (Lipinski definition) is 1. The Bertz CT molecular complexity index is 274. The molecule has 1 heterocycles. The molecule has 1 aliphatic heterocycles. The fraction of sp³-hybridized carbons (Fsp3) is 1.00. The molecule has 0 aromatic heterocycles. The first-order valence-corrected chi connectivity index (χ1v) is 7.87. The summed E-state index contributed by atoms with van der Waals surface area (Å²) in [6.07, 6.45) is 6.84. The third-order valence-corrected chi connectivity index (χ3v) is 5.19. The van der Waals surface area contributed by atoms with Gasteiger partial charge in [-0.2, -0.15) is 0 Å². The average Bonchev–Trinajstić information content (AvgIpc) is 2.27. The summed E-state index contributed by atoms with van der Waals surface area (Å²) in [6.45, 7) is 11.9. The molecule has 0 spiro atoms. The topological polar surface area (TPSA) is 29.3 Å². The molecule has 4 atom stereocenters. The van der Waals surface area contributed by atoms with E-state index in [1.54, 1.807) is 0 Å². The summed E-state index contributed by atoms with van der Waals surface area (Å²) in [7, 11) is 0. The van der Waals surface area contributed by atoms with E-state index in [4.69, 9.17) is 5.73 Å². The lowest BCUT2D eigenvalue weighted by atomic mass is 9.69. The maximum atomic E-state index is 5.89. The third kappa shape index (κ3) is 3.27. The van der Waals surface area contributed by atoms with Crippen LogP contribution in [-0.2, 0) is 0 Å². The van der Waals surface area contributed by atoms with E-state index in [1.807, 2.05) is 0 Å². The summed E-state index contributed by atoms with van der Waals surface area (Å²) in [4.78, 5) is 2.79. The summed E-state index contributed by atoms with van der Waals surface area (Å²) < 4.78 is 0. The number of hydrogen-bond acceptors (Lipinski definition) is 2. The maximum Gasteiger partial charge on any atom is 0.0106 e. The van der Waals surface area contributed by atoms with Gasteiger partial charge >= 0.3 is 0 Å². The van der Waals surface area contributed by atoms with Gasteiger partial charge in [0.15, 0.2) is 0 Å². The van der Waals surface area contributed by atoms with Gasteiger partial charge in [0.05, 0.1) is 0 Å². The molecular weight excluding hydrogens is 220 g/mol. The molecule has 4 unspecified atom stereocenters. The van der Waals surface area contributed by atoms with Crippen LogP contribution in [0.4, 0.5) is 0 Å². The van der Waals surface area contributed by atoms with Crippen molar-refractivity contribution in [2.75, 3.05) is 13.1 Å². The summed E-state index contributed by atoms with van der Waals surface area (Å²) in [5, 5.41) is 0. The Labute approximate surface area is 113 Å². The summed E-state index contributed by atoms with van der Waals surface area (Å²) in [5.41, 5.74) is 6.42. The minimum atomic E-state index is 0.526. The Morgan fingerprint density at radius 1 is 1.17 bits per heavy atom. The quantitative estimate of drug-likeness (QED) is 0.817. The van der Waals surface area contributed by atoms with Gasteiger partial charge in [0.25, 0.3) is 0 Å². The highest BCUT2D eigenvalue weighted by molar-refractivity contribution is 4.92. The second-order valence-corrected chi connectivity index (χ2v) is 7.79. The molecule has 0 aromatic carbocycles. The number of piperidine rings is 1. The lowest BCUT2D eigenvalue weighted by Crippen LogP contribution is -2.52. The van der Waals surface area contributed by atoms with Gasteiger partial charge in [0.2, 0.25) is 0 Å². The first kappa shape index (κ1) is 14.3. The fourth-order valence-electron chi connectivity index (χ4n) is 4.46. The van der Waals surface area contributed by atoms with Crippen molar-refractivity contribution >= 4 is 0 Å². The van der Waals surface area contributed by atoms with E-state index >= 15 is 0 Å². The van der Waals surface area contributed by atoms with Crippen LogP contribution in [0.2, 0.25) is 0 Å². The predicted octanol–water partition coefficient (Wildman–Crippen LogP) is 3.26. The Morgan fingerprint density at radius 3 is 2.50 bits per heavy atom. The van der Waals surface area contributed by atoms with Gasteiger partial charge in [-0.1, -0.05) is 20.8 Å². The Balaban J connectivity index is 2.04. The van der Waals surface area contributed by atoms with Crippen LogP contribution in [0.15, 0.2) is 0 Å². The first-order valence-electron chi connectivity index (χ1n) is 7.87. The van der Waals surface area contributed by atoms with Crippen molar-refractivity contribution in [3.8, 4) is 0 Å². The monoisotopic (exact) mass is 252 g/mol. The normalized spacial score (nSPS) is 41.8. The summed E-state index contributed by atoms with van der Waals surface area (Å²) in [6, 6.07) is 1.56. The zero-order valence-corrected chi connectivity index (χ0v) is 12.8. The van der Waals surface area contributed by atoms with E-state index in [0.717, 1.165) is 30.5 Å². The number of likely N-dealkylation sites (tertiary alicyclic amines) is 1. The molecule has 1 saturated carbocycles. The molecule has 1 aliphatic carbocycles. The fourth-order valence-corrected chi connectivity index (χ4v) is 4.46. The SMILES string of the molecule is CC1CC(N2CC(CN)CCC2C)CC(C)(C)C1. The van der Waals surface area contributed by atoms with E-state index in [1.165, 1.54) is 38.6 Å². The molecule has 1 saturated heterocycles. The molecule has 2 nitrogen and oxygen atoms in total. The van der Waals surface area contributed by atoms with Crippen LogP contribution in [0, 0.1) is 17.3 Å². The van der Waals surface area contributed by atoms with Crippen LogP contribution in [0.1, 0.15) is 59.8 Å². The number of nitrogens with two attached hydrogens (primary N) is 1. The van der Waals surface area contributed by atoms with Gasteiger partial charge in [0.1, 0.15) is 0 Å². The summed E-state index contributed by atoms with van der Waals surface area (Å²) >= 11 is 0. The highest BCUT2D eigenvalue weighted by Gasteiger charge is 2.38. The molecule has 0 bridgehead atoms. The molecule has 0 radical (unpaired) electrons. The summed E-state index contributed by atoms with van der Waals surface area (Å²) in [5.74, 6) is 1.62. The standard InChI is InChI=1S/C16H32N2/c1-12-7-15(9-16(3,4)8-12)18-11-14(10-17)6-5-13(18)2/h12-15H,5-11,17H2,1-4H3. The van der Waals surface area contributed by atoms with Gasteiger partial charge in [0, 0.05) is 18.6 Å². The molecule has 2 N–H and O–H groups in total. The van der Waals surface area contributed by atoms with Gasteiger partial charge in [-0.25, -0.2) is 0 Å². The molecule has 0 amide bonds. The van der Waals surface area contributed by atoms with E-state index < -0.39 is 0 Å². The van der Waals surface area contributed by atoms with E-state index in [9.17, 15) is 0 Å². The van der Waals surface area contributed by atoms with Crippen molar-refractivity contribution in [2.45, 2.75) is 71.9 Å². The van der Waals surface area contributed by atoms with Crippen LogP contribution in [-0.4, -0.2) is 30.1 Å². The maximum absolute atomic E-state index is 5.89. The largest absolute Gasteiger partial charge is 0.330 e. The Hall–Kier alpha value is -0.0800. The zero-order chi connectivity index (χ0) is 13.3. The predicted molar refractivity (Wildman–Crippen MR) is 78.5 cm³/mol. The van der Waals surface area contributed by atoms with E-state index in [2.05, 4.69) is 32.6 Å². The van der Waals surface area contributed by atoms with Crippen LogP contribution < -0.4 is 5.73 Å². The van der Waals surface area contributed by atoms with E-state index in [-0.39, 0.29) is 0 Å². The van der Waals surface area contributed by atoms with Gasteiger partial charge < -0.3 is 5.73 Å². The van der Waals surface area contributed by atoms with Crippen molar-refractivity contribution in [3.05, 3.63) is 0 Å². The molecule has 18 heavy (non-hydrogen) atoms. The highest BCUT2D eigenvalue weighted by Crippen LogP contribution is 2.42. The van der Waals surface area contributed by atoms with Crippen LogP contribution in [0.3, 0.4) is 0 Å². The minimum absolute atomic E-state index is 0.526. The Kier molecular flexibility index (Phi) is 4.38. The Morgan fingerprint density at radius 2 is 1.89 bits per heavy atom. The van der Waals surface area contributed by atoms with Crippen molar-refractivity contribution in [1.82, 2.24) is 4.90 Å². The first-order chi connectivity index (χ1) is 8.41. The van der Waals surface area contributed by atoms with Crippen molar-refractivity contribution < 1.29 is 0 Å². The minimum Gasteiger partial charge on any atom is -0.330 e. The van der Waals surface area contributed by atoms with Crippen molar-refractivity contribution in [2.24, 2.45) is 23.0 Å². The lowest BCUT2D eigenvalue weighted by molar-refractivity contribution is 0.0110. The number of rotatable bonds is 2. The van der Waals surface area contributed by atoms with Crippen molar-refractivity contribution in [1.29, 1.82) is 0 Å². The molecule has 2 heteroatoms. The molecule has 106 valence electrons. The van der Waals surface area contributed by atoms with Crippen molar-refractivity contribution in [3.63, 3.8) is 0 Å². The molecule has 2 fully saturated rings. The van der Waals surface area contributed by atoms with Crippen LogP contribution >= 0.6 is 0 Å². The van der Waals surface area contributed by atoms with Gasteiger partial charge in [-0.05, 0) is 62.8 Å². The second kappa shape index (κ2) is 5.50. The third-order valence-electron chi connectivity index (χ3n) is 5.19. The zero-order valence-electron chi connectivity index (χ0n) is 12.8. The van der Waals surface area contributed by atoms with E-state index in [0.29, 0.717) is 5.41 Å². The molecule has 2 rings (SSSR count). The van der Waals surface area contributed by atoms with Gasteiger partial charge in [-0.15, -0.1) is 0 Å². The van der Waals surface area contributed by atoms with Crippen LogP contribution in [0.5, 0.6) is 0 Å². The number of nitrogens with zero attached hydrogens (tertiary/aromatic N) is 1. The lowest BCUT2D eigenvalue weighted by Gasteiger charge is -2.49. The van der Waals surface area contributed by atoms with Gasteiger partial charge in [-0.3, -0.25) is 4.90 Å². The smallest absolute Gasteiger partial charge is 0.0106 e. The second-order valence-electron chi connectivity index (χ2n) is 7.79. The van der Waals surface area contributed by atoms with Crippen LogP contribution in [0.25, 0.3) is 0 Å². The highest BCUT2D eigenvalue weighted by atomic mass is 15.2. The average molecular weight is 252 g/mol. The molecule has 0 aromatic rings.